The molecule has 1 aromatic carbocycles. The lowest BCUT2D eigenvalue weighted by molar-refractivity contribution is 0.726. The highest BCUT2D eigenvalue weighted by atomic mass is 35.5. The molecule has 4 heteroatoms. The Labute approximate surface area is 117 Å². The monoisotopic (exact) mass is 278 g/mol. The normalized spacial score (nSPS) is 10.6. The Hall–Kier alpha value is -1.03. The van der Waals surface area contributed by atoms with E-state index in [1.165, 1.54) is 10.5 Å². The number of halogens is 1. The van der Waals surface area contributed by atoms with Gasteiger partial charge >= 0.3 is 0 Å². The van der Waals surface area contributed by atoms with Crippen LogP contribution in [-0.2, 0) is 6.54 Å². The van der Waals surface area contributed by atoms with Crippen molar-refractivity contribution in [2.45, 2.75) is 23.4 Å². The molecule has 1 heterocycles. The van der Waals surface area contributed by atoms with Crippen molar-refractivity contribution in [2.24, 2.45) is 0 Å². The molecule has 0 amide bonds. The summed E-state index contributed by atoms with van der Waals surface area (Å²) in [6.07, 6.45) is 1.67. The summed E-state index contributed by atoms with van der Waals surface area (Å²) in [5.41, 5.74) is 1.30. The van der Waals surface area contributed by atoms with Gasteiger partial charge in [0.05, 0.1) is 5.02 Å². The molecule has 94 valence electrons. The van der Waals surface area contributed by atoms with Crippen molar-refractivity contribution in [3.8, 4) is 0 Å². The van der Waals surface area contributed by atoms with Crippen LogP contribution in [0.25, 0.3) is 0 Å². The lowest BCUT2D eigenvalue weighted by Gasteiger charge is -2.04. The van der Waals surface area contributed by atoms with E-state index >= 15 is 0 Å². The number of benzene rings is 1. The molecule has 0 aliphatic rings. The van der Waals surface area contributed by atoms with Crippen LogP contribution in [0.2, 0.25) is 5.02 Å². The van der Waals surface area contributed by atoms with Crippen molar-refractivity contribution >= 4 is 23.4 Å². The molecule has 18 heavy (non-hydrogen) atoms. The summed E-state index contributed by atoms with van der Waals surface area (Å²) < 4.78 is 0. The molecule has 0 atom stereocenters. The van der Waals surface area contributed by atoms with E-state index in [9.17, 15) is 0 Å². The first-order valence-electron chi connectivity index (χ1n) is 5.87. The van der Waals surface area contributed by atoms with Crippen molar-refractivity contribution in [3.63, 3.8) is 0 Å². The SMILES string of the molecule is CCNCc1ccc(Sc2ccc(Cl)cn2)cc1. The molecule has 2 rings (SSSR count). The van der Waals surface area contributed by atoms with Gasteiger partial charge in [-0.2, -0.15) is 0 Å². The van der Waals surface area contributed by atoms with Gasteiger partial charge in [-0.3, -0.25) is 0 Å². The molecule has 2 aromatic rings. The van der Waals surface area contributed by atoms with Crippen LogP contribution in [0.3, 0.4) is 0 Å². The summed E-state index contributed by atoms with van der Waals surface area (Å²) in [4.78, 5) is 5.45. The predicted octanol–water partition coefficient (Wildman–Crippen LogP) is 4.00. The van der Waals surface area contributed by atoms with Crippen LogP contribution < -0.4 is 5.32 Å². The van der Waals surface area contributed by atoms with Gasteiger partial charge in [0, 0.05) is 17.6 Å². The molecule has 0 saturated carbocycles. The summed E-state index contributed by atoms with van der Waals surface area (Å²) in [5.74, 6) is 0. The largest absolute Gasteiger partial charge is 0.313 e. The minimum absolute atomic E-state index is 0.667. The maximum Gasteiger partial charge on any atom is 0.101 e. The van der Waals surface area contributed by atoms with E-state index in [0.717, 1.165) is 18.1 Å². The molecule has 0 aliphatic carbocycles. The third-order valence-corrected chi connectivity index (χ3v) is 3.61. The zero-order chi connectivity index (χ0) is 12.8. The third-order valence-electron chi connectivity index (χ3n) is 2.43. The fraction of sp³-hybridized carbons (Fsp3) is 0.214. The second kappa shape index (κ2) is 6.78. The summed E-state index contributed by atoms with van der Waals surface area (Å²) in [7, 11) is 0. The van der Waals surface area contributed by atoms with Gasteiger partial charge in [-0.15, -0.1) is 0 Å². The fourth-order valence-electron chi connectivity index (χ4n) is 1.49. The smallest absolute Gasteiger partial charge is 0.101 e. The van der Waals surface area contributed by atoms with E-state index in [4.69, 9.17) is 11.6 Å². The van der Waals surface area contributed by atoms with Gasteiger partial charge in [0.15, 0.2) is 0 Å². The second-order valence-electron chi connectivity index (χ2n) is 3.84. The highest BCUT2D eigenvalue weighted by Crippen LogP contribution is 2.26. The first-order valence-corrected chi connectivity index (χ1v) is 7.06. The molecular formula is C14H15ClN2S. The van der Waals surface area contributed by atoms with Crippen molar-refractivity contribution in [1.82, 2.24) is 10.3 Å². The summed E-state index contributed by atoms with van der Waals surface area (Å²) in [6, 6.07) is 12.3. The number of nitrogens with one attached hydrogen (secondary N) is 1. The Morgan fingerprint density at radius 2 is 1.94 bits per heavy atom. The molecule has 0 bridgehead atoms. The van der Waals surface area contributed by atoms with Gasteiger partial charge in [-0.05, 0) is 36.4 Å². The van der Waals surface area contributed by atoms with Crippen molar-refractivity contribution in [2.75, 3.05) is 6.54 Å². The van der Waals surface area contributed by atoms with E-state index in [1.54, 1.807) is 18.0 Å². The van der Waals surface area contributed by atoms with Gasteiger partial charge in [0.2, 0.25) is 0 Å². The Balaban J connectivity index is 1.99. The Kier molecular flexibility index (Phi) is 5.05. The number of aromatic nitrogens is 1. The quantitative estimate of drug-likeness (QED) is 0.895. The zero-order valence-corrected chi connectivity index (χ0v) is 11.8. The highest BCUT2D eigenvalue weighted by Gasteiger charge is 1.99. The molecule has 0 unspecified atom stereocenters. The topological polar surface area (TPSA) is 24.9 Å². The summed E-state index contributed by atoms with van der Waals surface area (Å²) in [6.45, 7) is 4.02. The number of nitrogens with zero attached hydrogens (tertiary/aromatic N) is 1. The van der Waals surface area contributed by atoms with E-state index in [0.29, 0.717) is 5.02 Å². The van der Waals surface area contributed by atoms with Gasteiger partial charge in [-0.1, -0.05) is 42.4 Å². The van der Waals surface area contributed by atoms with Crippen LogP contribution in [0, 0.1) is 0 Å². The zero-order valence-electron chi connectivity index (χ0n) is 10.2. The van der Waals surface area contributed by atoms with Crippen LogP contribution >= 0.6 is 23.4 Å². The van der Waals surface area contributed by atoms with Crippen LogP contribution in [0.1, 0.15) is 12.5 Å². The Bertz CT molecular complexity index is 482. The molecule has 0 saturated heterocycles. The third kappa shape index (κ3) is 4.02. The minimum atomic E-state index is 0.667. The second-order valence-corrected chi connectivity index (χ2v) is 5.37. The van der Waals surface area contributed by atoms with E-state index in [1.807, 2.05) is 12.1 Å². The molecule has 2 nitrogen and oxygen atoms in total. The molecule has 0 fully saturated rings. The predicted molar refractivity (Wildman–Crippen MR) is 77.2 cm³/mol. The summed E-state index contributed by atoms with van der Waals surface area (Å²) >= 11 is 7.44. The number of rotatable bonds is 5. The van der Waals surface area contributed by atoms with Gasteiger partial charge in [0.1, 0.15) is 5.03 Å². The summed E-state index contributed by atoms with van der Waals surface area (Å²) in [5, 5.41) is 4.93. The van der Waals surface area contributed by atoms with Crippen molar-refractivity contribution in [3.05, 3.63) is 53.2 Å². The minimum Gasteiger partial charge on any atom is -0.313 e. The van der Waals surface area contributed by atoms with Crippen LogP contribution in [-0.4, -0.2) is 11.5 Å². The Morgan fingerprint density at radius 3 is 2.56 bits per heavy atom. The van der Waals surface area contributed by atoms with Crippen molar-refractivity contribution in [1.29, 1.82) is 0 Å². The maximum atomic E-state index is 5.81. The molecule has 0 radical (unpaired) electrons. The standard InChI is InChI=1S/C14H15ClN2S/c1-2-16-9-11-3-6-13(7-4-11)18-14-8-5-12(15)10-17-14/h3-8,10,16H,2,9H2,1H3. The lowest BCUT2D eigenvalue weighted by Crippen LogP contribution is -2.11. The lowest BCUT2D eigenvalue weighted by atomic mass is 10.2. The highest BCUT2D eigenvalue weighted by molar-refractivity contribution is 7.99. The van der Waals surface area contributed by atoms with Gasteiger partial charge in [-0.25, -0.2) is 4.98 Å². The number of pyridine rings is 1. The van der Waals surface area contributed by atoms with Crippen molar-refractivity contribution < 1.29 is 0 Å². The molecule has 0 aliphatic heterocycles. The number of hydrogen-bond donors (Lipinski definition) is 1. The van der Waals surface area contributed by atoms with E-state index < -0.39 is 0 Å². The molecule has 0 spiro atoms. The average molecular weight is 279 g/mol. The maximum absolute atomic E-state index is 5.81. The first-order chi connectivity index (χ1) is 8.78. The van der Waals surface area contributed by atoms with Gasteiger partial charge in [0.25, 0.3) is 0 Å². The fourth-order valence-corrected chi connectivity index (χ4v) is 2.35. The molecule has 1 N–H and O–H groups in total. The molecular weight excluding hydrogens is 264 g/mol. The van der Waals surface area contributed by atoms with E-state index in [2.05, 4.69) is 41.5 Å². The van der Waals surface area contributed by atoms with Crippen LogP contribution in [0.5, 0.6) is 0 Å². The molecule has 1 aromatic heterocycles. The average Bonchev–Trinajstić information content (AvgIpc) is 2.41. The van der Waals surface area contributed by atoms with Crippen LogP contribution in [0.15, 0.2) is 52.5 Å². The number of hydrogen-bond acceptors (Lipinski definition) is 3. The Morgan fingerprint density at radius 1 is 1.17 bits per heavy atom. The first kappa shape index (κ1) is 13.4. The van der Waals surface area contributed by atoms with Crippen LogP contribution in [0.4, 0.5) is 0 Å². The van der Waals surface area contributed by atoms with Gasteiger partial charge < -0.3 is 5.32 Å². The van der Waals surface area contributed by atoms with E-state index in [-0.39, 0.29) is 0 Å².